The Labute approximate surface area is 131 Å². The summed E-state index contributed by atoms with van der Waals surface area (Å²) in [6.45, 7) is 8.04. The second-order valence-corrected chi connectivity index (χ2v) is 6.10. The quantitative estimate of drug-likeness (QED) is 0.929. The van der Waals surface area contributed by atoms with Crippen LogP contribution in [0.5, 0.6) is 0 Å². The molecule has 21 heavy (non-hydrogen) atoms. The fraction of sp³-hybridized carbons (Fsp3) is 0.562. The maximum Gasteiger partial charge on any atom is 0.237 e. The van der Waals surface area contributed by atoms with E-state index in [1.807, 2.05) is 45.0 Å². The summed E-state index contributed by atoms with van der Waals surface area (Å²) in [5.74, 6) is 0.0243. The lowest BCUT2D eigenvalue weighted by molar-refractivity contribution is -0.131. The number of carbonyl (C=O) groups is 1. The number of morpholine rings is 1. The summed E-state index contributed by atoms with van der Waals surface area (Å²) in [6, 6.07) is 7.39. The minimum atomic E-state index is -0.165. The van der Waals surface area contributed by atoms with Crippen molar-refractivity contribution in [2.45, 2.75) is 45.6 Å². The van der Waals surface area contributed by atoms with Crippen LogP contribution in [0.15, 0.2) is 24.3 Å². The molecule has 0 saturated carbocycles. The zero-order chi connectivity index (χ0) is 15.4. The molecule has 1 heterocycles. The Hall–Kier alpha value is -1.10. The lowest BCUT2D eigenvalue weighted by atomic mass is 10.1. The van der Waals surface area contributed by atoms with Gasteiger partial charge in [0.25, 0.3) is 0 Å². The van der Waals surface area contributed by atoms with Gasteiger partial charge >= 0.3 is 0 Å². The Bertz CT molecular complexity index is 485. The molecule has 0 aromatic heterocycles. The van der Waals surface area contributed by atoms with Crippen LogP contribution in [0.2, 0.25) is 5.02 Å². The first-order valence-corrected chi connectivity index (χ1v) is 7.75. The summed E-state index contributed by atoms with van der Waals surface area (Å²) in [5, 5.41) is 3.64. The second-order valence-electron chi connectivity index (χ2n) is 5.70. The highest BCUT2D eigenvalue weighted by Gasteiger charge is 2.29. The van der Waals surface area contributed by atoms with Gasteiger partial charge in [-0.2, -0.15) is 0 Å². The van der Waals surface area contributed by atoms with Crippen LogP contribution in [0, 0.1) is 0 Å². The average molecular weight is 311 g/mol. The van der Waals surface area contributed by atoms with E-state index >= 15 is 0 Å². The summed E-state index contributed by atoms with van der Waals surface area (Å²) in [7, 11) is 0. The number of rotatable bonds is 4. The highest BCUT2D eigenvalue weighted by molar-refractivity contribution is 6.31. The molecule has 1 aromatic rings. The van der Waals surface area contributed by atoms with Gasteiger partial charge in [0.2, 0.25) is 5.91 Å². The van der Waals surface area contributed by atoms with E-state index in [2.05, 4.69) is 10.2 Å². The van der Waals surface area contributed by atoms with Crippen molar-refractivity contribution < 1.29 is 9.53 Å². The molecule has 1 aliphatic rings. The number of amides is 1. The number of benzene rings is 1. The average Bonchev–Trinajstić information content (AvgIpc) is 2.44. The minimum Gasteiger partial charge on any atom is -0.373 e. The normalized spacial score (nSPS) is 24.6. The summed E-state index contributed by atoms with van der Waals surface area (Å²) < 4.78 is 5.70. The van der Waals surface area contributed by atoms with Gasteiger partial charge in [-0.25, -0.2) is 0 Å². The Kier molecular flexibility index (Phi) is 5.62. The third-order valence-corrected chi connectivity index (χ3v) is 4.15. The van der Waals surface area contributed by atoms with E-state index in [4.69, 9.17) is 16.3 Å². The Morgan fingerprint density at radius 1 is 1.38 bits per heavy atom. The minimum absolute atomic E-state index is 0.0243. The molecule has 3 unspecified atom stereocenters. The van der Waals surface area contributed by atoms with E-state index in [0.717, 1.165) is 18.7 Å². The van der Waals surface area contributed by atoms with Crippen molar-refractivity contribution in [3.05, 3.63) is 34.9 Å². The molecule has 2 rings (SSSR count). The zero-order valence-electron chi connectivity index (χ0n) is 12.8. The van der Waals surface area contributed by atoms with E-state index in [-0.39, 0.29) is 24.2 Å². The molecule has 1 fully saturated rings. The molecule has 5 heteroatoms. The van der Waals surface area contributed by atoms with Gasteiger partial charge < -0.3 is 10.1 Å². The number of halogens is 1. The van der Waals surface area contributed by atoms with E-state index in [1.54, 1.807) is 0 Å². The lowest BCUT2D eigenvalue weighted by Crippen LogP contribution is -2.53. The largest absolute Gasteiger partial charge is 0.373 e. The van der Waals surface area contributed by atoms with Crippen molar-refractivity contribution >= 4 is 17.5 Å². The van der Waals surface area contributed by atoms with Crippen LogP contribution in [0.25, 0.3) is 0 Å². The molecule has 1 N–H and O–H groups in total. The SMILES string of the molecule is CC1CN(C(C)C(=O)NCc2ccccc2Cl)CC(C)O1. The molecular weight excluding hydrogens is 288 g/mol. The zero-order valence-corrected chi connectivity index (χ0v) is 13.6. The number of hydrogen-bond acceptors (Lipinski definition) is 3. The molecule has 0 radical (unpaired) electrons. The van der Waals surface area contributed by atoms with Gasteiger partial charge in [-0.1, -0.05) is 29.8 Å². The van der Waals surface area contributed by atoms with Crippen LogP contribution >= 0.6 is 11.6 Å². The fourth-order valence-corrected chi connectivity index (χ4v) is 2.87. The summed E-state index contributed by atoms with van der Waals surface area (Å²) >= 11 is 6.10. The number of nitrogens with zero attached hydrogens (tertiary/aromatic N) is 1. The molecule has 0 aliphatic carbocycles. The number of nitrogens with one attached hydrogen (secondary N) is 1. The first kappa shape index (κ1) is 16.3. The van der Waals surface area contributed by atoms with E-state index < -0.39 is 0 Å². The topological polar surface area (TPSA) is 41.6 Å². The van der Waals surface area contributed by atoms with Crippen LogP contribution in [-0.2, 0) is 16.1 Å². The van der Waals surface area contributed by atoms with Crippen LogP contribution in [0.1, 0.15) is 26.3 Å². The second kappa shape index (κ2) is 7.25. The molecule has 0 spiro atoms. The van der Waals surface area contributed by atoms with E-state index in [1.165, 1.54) is 0 Å². The van der Waals surface area contributed by atoms with Crippen LogP contribution in [0.3, 0.4) is 0 Å². The van der Waals surface area contributed by atoms with E-state index in [0.29, 0.717) is 11.6 Å². The molecule has 1 amide bonds. The molecule has 4 nitrogen and oxygen atoms in total. The van der Waals surface area contributed by atoms with Crippen LogP contribution in [-0.4, -0.2) is 42.1 Å². The molecule has 3 atom stereocenters. The summed E-state index contributed by atoms with van der Waals surface area (Å²) in [4.78, 5) is 14.5. The molecule has 0 bridgehead atoms. The predicted octanol–water partition coefficient (Wildman–Crippen LogP) is 2.45. The first-order valence-electron chi connectivity index (χ1n) is 7.38. The standard InChI is InChI=1S/C16H23ClN2O2/c1-11-9-19(10-12(2)21-11)13(3)16(20)18-8-14-6-4-5-7-15(14)17/h4-7,11-13H,8-10H2,1-3H3,(H,18,20). The van der Waals surface area contributed by atoms with Gasteiger partial charge in [0.1, 0.15) is 0 Å². The van der Waals surface area contributed by atoms with Gasteiger partial charge in [-0.3, -0.25) is 9.69 Å². The third-order valence-electron chi connectivity index (χ3n) is 3.79. The van der Waals surface area contributed by atoms with Crippen molar-refractivity contribution in [2.75, 3.05) is 13.1 Å². The third kappa shape index (κ3) is 4.43. The number of ether oxygens (including phenoxy) is 1. The van der Waals surface area contributed by atoms with Crippen molar-refractivity contribution in [1.82, 2.24) is 10.2 Å². The monoisotopic (exact) mass is 310 g/mol. The Morgan fingerprint density at radius 3 is 2.62 bits per heavy atom. The van der Waals surface area contributed by atoms with Gasteiger partial charge in [-0.15, -0.1) is 0 Å². The maximum absolute atomic E-state index is 12.3. The number of hydrogen-bond donors (Lipinski definition) is 1. The van der Waals surface area contributed by atoms with Crippen molar-refractivity contribution in [3.8, 4) is 0 Å². The molecule has 1 aromatic carbocycles. The Morgan fingerprint density at radius 2 is 2.00 bits per heavy atom. The maximum atomic E-state index is 12.3. The van der Waals surface area contributed by atoms with Crippen LogP contribution in [0.4, 0.5) is 0 Å². The van der Waals surface area contributed by atoms with Crippen molar-refractivity contribution in [2.24, 2.45) is 0 Å². The first-order chi connectivity index (χ1) is 9.97. The van der Waals surface area contributed by atoms with Crippen LogP contribution < -0.4 is 5.32 Å². The number of carbonyl (C=O) groups excluding carboxylic acids is 1. The van der Waals surface area contributed by atoms with Gasteiger partial charge in [0.05, 0.1) is 18.2 Å². The fourth-order valence-electron chi connectivity index (χ4n) is 2.67. The van der Waals surface area contributed by atoms with Gasteiger partial charge in [-0.05, 0) is 32.4 Å². The lowest BCUT2D eigenvalue weighted by Gasteiger charge is -2.38. The molecular formula is C16H23ClN2O2. The van der Waals surface area contributed by atoms with Gasteiger partial charge in [0.15, 0.2) is 0 Å². The Balaban J connectivity index is 1.89. The smallest absolute Gasteiger partial charge is 0.237 e. The van der Waals surface area contributed by atoms with E-state index in [9.17, 15) is 4.79 Å². The van der Waals surface area contributed by atoms with Crippen molar-refractivity contribution in [1.29, 1.82) is 0 Å². The van der Waals surface area contributed by atoms with Gasteiger partial charge in [0, 0.05) is 24.7 Å². The molecule has 1 saturated heterocycles. The highest BCUT2D eigenvalue weighted by Crippen LogP contribution is 2.16. The summed E-state index contributed by atoms with van der Waals surface area (Å²) in [5.41, 5.74) is 0.934. The molecule has 116 valence electrons. The highest BCUT2D eigenvalue weighted by atomic mass is 35.5. The predicted molar refractivity (Wildman–Crippen MR) is 84.3 cm³/mol. The molecule has 1 aliphatic heterocycles. The summed E-state index contributed by atoms with van der Waals surface area (Å²) in [6.07, 6.45) is 0.320. The van der Waals surface area contributed by atoms with Crippen molar-refractivity contribution in [3.63, 3.8) is 0 Å².